The Labute approximate surface area is 163 Å². The van der Waals surface area contributed by atoms with Crippen LogP contribution in [0.15, 0.2) is 23.3 Å². The second kappa shape index (κ2) is 8.05. The van der Waals surface area contributed by atoms with Gasteiger partial charge in [0.05, 0.1) is 6.61 Å². The number of aromatic nitrogens is 1. The SMILES string of the molecule is CN=C(NCc1ccc(N2CCC(C)CC2)nc1)N1CCC2(CCOC2)C1. The Balaban J connectivity index is 1.30. The van der Waals surface area contributed by atoms with Gasteiger partial charge in [0.15, 0.2) is 5.96 Å². The highest BCUT2D eigenvalue weighted by Crippen LogP contribution is 2.38. The molecule has 0 bridgehead atoms. The van der Waals surface area contributed by atoms with Crippen molar-refractivity contribution in [2.75, 3.05) is 51.3 Å². The van der Waals surface area contributed by atoms with Crippen LogP contribution in [-0.2, 0) is 11.3 Å². The third-order valence-electron chi connectivity index (χ3n) is 6.50. The van der Waals surface area contributed by atoms with Gasteiger partial charge in [-0.2, -0.15) is 0 Å². The molecular weight excluding hydrogens is 338 g/mol. The van der Waals surface area contributed by atoms with E-state index in [1.165, 1.54) is 31.2 Å². The molecule has 1 atom stereocenters. The first kappa shape index (κ1) is 18.5. The maximum Gasteiger partial charge on any atom is 0.193 e. The van der Waals surface area contributed by atoms with Crippen molar-refractivity contribution in [1.82, 2.24) is 15.2 Å². The number of guanidine groups is 1. The Morgan fingerprint density at radius 2 is 2.15 bits per heavy atom. The van der Waals surface area contributed by atoms with E-state index in [4.69, 9.17) is 9.72 Å². The number of pyridine rings is 1. The minimum atomic E-state index is 0.354. The van der Waals surface area contributed by atoms with Gasteiger partial charge in [-0.15, -0.1) is 0 Å². The summed E-state index contributed by atoms with van der Waals surface area (Å²) in [4.78, 5) is 14.0. The van der Waals surface area contributed by atoms with Gasteiger partial charge in [0, 0.05) is 58.0 Å². The van der Waals surface area contributed by atoms with Crippen molar-refractivity contribution in [2.24, 2.45) is 16.3 Å². The summed E-state index contributed by atoms with van der Waals surface area (Å²) in [5, 5.41) is 3.52. The number of nitrogens with zero attached hydrogens (tertiary/aromatic N) is 4. The number of likely N-dealkylation sites (tertiary alicyclic amines) is 1. The molecule has 0 saturated carbocycles. The smallest absolute Gasteiger partial charge is 0.193 e. The highest BCUT2D eigenvalue weighted by atomic mass is 16.5. The molecule has 3 saturated heterocycles. The van der Waals surface area contributed by atoms with Gasteiger partial charge in [0.2, 0.25) is 0 Å². The van der Waals surface area contributed by atoms with Gasteiger partial charge in [-0.1, -0.05) is 13.0 Å². The fraction of sp³-hybridized carbons (Fsp3) is 0.714. The van der Waals surface area contributed by atoms with Crippen LogP contribution < -0.4 is 10.2 Å². The number of ether oxygens (including phenoxy) is 1. The predicted octanol–water partition coefficient (Wildman–Crippen LogP) is 2.51. The van der Waals surface area contributed by atoms with Crippen LogP contribution in [-0.4, -0.2) is 62.3 Å². The topological polar surface area (TPSA) is 53.0 Å². The molecule has 1 N–H and O–H groups in total. The normalized spacial score (nSPS) is 27.0. The lowest BCUT2D eigenvalue weighted by Gasteiger charge is -2.31. The van der Waals surface area contributed by atoms with E-state index < -0.39 is 0 Å². The Kier molecular flexibility index (Phi) is 5.53. The zero-order valence-electron chi connectivity index (χ0n) is 16.8. The zero-order valence-corrected chi connectivity index (χ0v) is 16.8. The average molecular weight is 372 g/mol. The molecule has 6 nitrogen and oxygen atoms in total. The van der Waals surface area contributed by atoms with Crippen molar-refractivity contribution in [3.8, 4) is 0 Å². The second-order valence-corrected chi connectivity index (χ2v) is 8.57. The molecule has 1 aromatic heterocycles. The number of nitrogens with one attached hydrogen (secondary N) is 1. The van der Waals surface area contributed by atoms with E-state index in [0.717, 1.165) is 63.6 Å². The number of aliphatic imine (C=N–C) groups is 1. The summed E-state index contributed by atoms with van der Waals surface area (Å²) < 4.78 is 5.64. The molecule has 0 amide bonds. The lowest BCUT2D eigenvalue weighted by atomic mass is 9.87. The van der Waals surface area contributed by atoms with Crippen molar-refractivity contribution >= 4 is 11.8 Å². The van der Waals surface area contributed by atoms with E-state index >= 15 is 0 Å². The molecule has 1 unspecified atom stereocenters. The van der Waals surface area contributed by atoms with Gasteiger partial charge >= 0.3 is 0 Å². The van der Waals surface area contributed by atoms with Gasteiger partial charge in [-0.3, -0.25) is 4.99 Å². The summed E-state index contributed by atoms with van der Waals surface area (Å²) >= 11 is 0. The molecule has 0 aliphatic carbocycles. The van der Waals surface area contributed by atoms with Gasteiger partial charge in [0.25, 0.3) is 0 Å². The molecule has 3 aliphatic rings. The lowest BCUT2D eigenvalue weighted by Crippen LogP contribution is -2.41. The number of anilines is 1. The number of hydrogen-bond donors (Lipinski definition) is 1. The zero-order chi connectivity index (χ0) is 18.7. The fourth-order valence-electron chi connectivity index (χ4n) is 4.55. The van der Waals surface area contributed by atoms with E-state index in [9.17, 15) is 0 Å². The fourth-order valence-corrected chi connectivity index (χ4v) is 4.55. The minimum Gasteiger partial charge on any atom is -0.381 e. The first-order chi connectivity index (χ1) is 13.2. The molecule has 6 heteroatoms. The Bertz CT molecular complexity index is 645. The molecule has 4 heterocycles. The number of hydrogen-bond acceptors (Lipinski definition) is 4. The van der Waals surface area contributed by atoms with Crippen molar-refractivity contribution in [3.05, 3.63) is 23.9 Å². The van der Waals surface area contributed by atoms with Crippen LogP contribution in [0.1, 0.15) is 38.2 Å². The Morgan fingerprint density at radius 1 is 1.30 bits per heavy atom. The Morgan fingerprint density at radius 3 is 2.81 bits per heavy atom. The monoisotopic (exact) mass is 371 g/mol. The number of piperidine rings is 1. The van der Waals surface area contributed by atoms with Crippen LogP contribution in [0.5, 0.6) is 0 Å². The molecular formula is C21H33N5O. The van der Waals surface area contributed by atoms with E-state index in [2.05, 4.69) is 39.2 Å². The molecule has 1 spiro atoms. The summed E-state index contributed by atoms with van der Waals surface area (Å²) in [6.07, 6.45) is 6.93. The second-order valence-electron chi connectivity index (χ2n) is 8.57. The average Bonchev–Trinajstić information content (AvgIpc) is 3.34. The summed E-state index contributed by atoms with van der Waals surface area (Å²) in [5.74, 6) is 2.95. The van der Waals surface area contributed by atoms with Crippen LogP contribution >= 0.6 is 0 Å². The highest BCUT2D eigenvalue weighted by molar-refractivity contribution is 5.80. The van der Waals surface area contributed by atoms with Crippen molar-refractivity contribution in [3.63, 3.8) is 0 Å². The minimum absolute atomic E-state index is 0.354. The first-order valence-corrected chi connectivity index (χ1v) is 10.4. The summed E-state index contributed by atoms with van der Waals surface area (Å²) in [6.45, 7) is 9.28. The molecule has 1 aromatic rings. The van der Waals surface area contributed by atoms with E-state index in [1.54, 1.807) is 0 Å². The van der Waals surface area contributed by atoms with Crippen LogP contribution in [0, 0.1) is 11.3 Å². The van der Waals surface area contributed by atoms with Crippen molar-refractivity contribution < 1.29 is 4.74 Å². The quantitative estimate of drug-likeness (QED) is 0.654. The summed E-state index contributed by atoms with van der Waals surface area (Å²) in [5.41, 5.74) is 1.55. The van der Waals surface area contributed by atoms with Gasteiger partial charge in [0.1, 0.15) is 5.82 Å². The molecule has 27 heavy (non-hydrogen) atoms. The van der Waals surface area contributed by atoms with Crippen molar-refractivity contribution in [2.45, 2.75) is 39.2 Å². The standard InChI is InChI=1S/C21H33N5O/c1-17-5-9-25(10-6-17)19-4-3-18(13-23-19)14-24-20(22-2)26-11-7-21(15-26)8-12-27-16-21/h3-4,13,17H,5-12,14-16H2,1-2H3,(H,22,24). The van der Waals surface area contributed by atoms with Gasteiger partial charge < -0.3 is 19.9 Å². The largest absolute Gasteiger partial charge is 0.381 e. The van der Waals surface area contributed by atoms with E-state index in [0.29, 0.717) is 5.41 Å². The summed E-state index contributed by atoms with van der Waals surface area (Å²) in [6, 6.07) is 4.35. The third-order valence-corrected chi connectivity index (χ3v) is 6.50. The van der Waals surface area contributed by atoms with Crippen molar-refractivity contribution in [1.29, 1.82) is 0 Å². The maximum absolute atomic E-state index is 5.64. The highest BCUT2D eigenvalue weighted by Gasteiger charge is 2.42. The van der Waals surface area contributed by atoms with Crippen LogP contribution in [0.4, 0.5) is 5.82 Å². The number of rotatable bonds is 3. The van der Waals surface area contributed by atoms with Crippen LogP contribution in [0.2, 0.25) is 0 Å². The van der Waals surface area contributed by atoms with E-state index in [1.807, 2.05) is 13.2 Å². The summed E-state index contributed by atoms with van der Waals surface area (Å²) in [7, 11) is 1.87. The van der Waals surface area contributed by atoms with Gasteiger partial charge in [-0.05, 0) is 43.2 Å². The maximum atomic E-state index is 5.64. The molecule has 148 valence electrons. The third kappa shape index (κ3) is 4.21. The molecule has 3 fully saturated rings. The molecule has 0 aromatic carbocycles. The predicted molar refractivity (Wildman–Crippen MR) is 109 cm³/mol. The van der Waals surface area contributed by atoms with Crippen LogP contribution in [0.3, 0.4) is 0 Å². The molecule has 3 aliphatic heterocycles. The Hall–Kier alpha value is -1.82. The molecule has 4 rings (SSSR count). The molecule has 0 radical (unpaired) electrons. The lowest BCUT2D eigenvalue weighted by molar-refractivity contribution is 0.156. The van der Waals surface area contributed by atoms with Gasteiger partial charge in [-0.25, -0.2) is 4.98 Å². The van der Waals surface area contributed by atoms with E-state index in [-0.39, 0.29) is 0 Å². The van der Waals surface area contributed by atoms with Crippen LogP contribution in [0.25, 0.3) is 0 Å². The first-order valence-electron chi connectivity index (χ1n) is 10.4.